The van der Waals surface area contributed by atoms with Crippen LogP contribution in [0.2, 0.25) is 0 Å². The topological polar surface area (TPSA) is 58.1 Å². The fraction of sp³-hybridized carbons (Fsp3) is 0.688. The van der Waals surface area contributed by atoms with Crippen molar-refractivity contribution in [3.63, 3.8) is 0 Å². The maximum absolute atomic E-state index is 12.7. The molecule has 1 fully saturated rings. The predicted molar refractivity (Wildman–Crippen MR) is 90.7 cm³/mol. The number of carbonyl (C=O) groups is 1. The molecule has 1 unspecified atom stereocenters. The van der Waals surface area contributed by atoms with E-state index >= 15 is 0 Å². The number of amides is 1. The second kappa shape index (κ2) is 9.79. The van der Waals surface area contributed by atoms with Gasteiger partial charge < -0.3 is 10.2 Å². The molecule has 0 saturated carbocycles. The average molecular weight is 322 g/mol. The molecule has 1 saturated heterocycles. The summed E-state index contributed by atoms with van der Waals surface area (Å²) in [5, 5.41) is 3.42. The summed E-state index contributed by atoms with van der Waals surface area (Å²) in [5.74, 6) is 1.31. The Morgan fingerprint density at radius 1 is 1.36 bits per heavy atom. The number of aromatic nitrogens is 2. The molecule has 6 heteroatoms. The summed E-state index contributed by atoms with van der Waals surface area (Å²) < 4.78 is 0. The highest BCUT2D eigenvalue weighted by Crippen LogP contribution is 2.18. The summed E-state index contributed by atoms with van der Waals surface area (Å²) in [7, 11) is 0. The molecule has 0 aromatic carbocycles. The Labute approximate surface area is 137 Å². The van der Waals surface area contributed by atoms with Gasteiger partial charge in [-0.05, 0) is 50.8 Å². The minimum Gasteiger partial charge on any atom is -0.335 e. The van der Waals surface area contributed by atoms with E-state index in [2.05, 4.69) is 26.4 Å². The first-order valence-electron chi connectivity index (χ1n) is 8.04. The van der Waals surface area contributed by atoms with Gasteiger partial charge in [-0.25, -0.2) is 9.97 Å². The Morgan fingerprint density at radius 3 is 2.95 bits per heavy atom. The lowest BCUT2D eigenvalue weighted by molar-refractivity contribution is -0.134. The van der Waals surface area contributed by atoms with Crippen molar-refractivity contribution >= 4 is 17.7 Å². The Morgan fingerprint density at radius 2 is 2.18 bits per heavy atom. The standard InChI is InChI=1S/C16H26N4OS/c1-22-9-3-5-16(21)20(12-14-10-18-13-19-11-14)15-4-2-7-17-8-6-15/h10-11,13,15,17H,2-9,12H2,1H3. The van der Waals surface area contributed by atoms with Crippen LogP contribution in [0.4, 0.5) is 0 Å². The highest BCUT2D eigenvalue weighted by atomic mass is 32.2. The first-order chi connectivity index (χ1) is 10.8. The maximum Gasteiger partial charge on any atom is 0.223 e. The summed E-state index contributed by atoms with van der Waals surface area (Å²) in [6.07, 6.45) is 12.1. The molecule has 0 spiro atoms. The van der Waals surface area contributed by atoms with Crippen LogP contribution in [0.1, 0.15) is 37.7 Å². The van der Waals surface area contributed by atoms with Crippen LogP contribution in [0.5, 0.6) is 0 Å². The number of carbonyl (C=O) groups excluding carboxylic acids is 1. The second-order valence-corrected chi connectivity index (χ2v) is 6.69. The number of nitrogens with zero attached hydrogens (tertiary/aromatic N) is 3. The van der Waals surface area contributed by atoms with E-state index in [4.69, 9.17) is 0 Å². The van der Waals surface area contributed by atoms with Crippen molar-refractivity contribution in [2.24, 2.45) is 0 Å². The van der Waals surface area contributed by atoms with Crippen LogP contribution in [0, 0.1) is 0 Å². The second-order valence-electron chi connectivity index (χ2n) is 5.70. The molecule has 2 heterocycles. The third kappa shape index (κ3) is 5.57. The number of hydrogen-bond acceptors (Lipinski definition) is 5. The van der Waals surface area contributed by atoms with E-state index in [0.29, 0.717) is 19.0 Å². The molecule has 0 bridgehead atoms. The molecule has 1 aromatic rings. The summed E-state index contributed by atoms with van der Waals surface area (Å²) >= 11 is 1.80. The van der Waals surface area contributed by atoms with E-state index in [1.165, 1.54) is 6.33 Å². The largest absolute Gasteiger partial charge is 0.335 e. The van der Waals surface area contributed by atoms with Crippen LogP contribution >= 0.6 is 11.8 Å². The molecule has 5 nitrogen and oxygen atoms in total. The van der Waals surface area contributed by atoms with Gasteiger partial charge in [-0.1, -0.05) is 0 Å². The van der Waals surface area contributed by atoms with E-state index in [1.807, 2.05) is 12.4 Å². The molecule has 1 aliphatic heterocycles. The summed E-state index contributed by atoms with van der Waals surface area (Å²) in [4.78, 5) is 22.9. The smallest absolute Gasteiger partial charge is 0.223 e. The number of rotatable bonds is 7. The van der Waals surface area contributed by atoms with E-state index < -0.39 is 0 Å². The van der Waals surface area contributed by atoms with Gasteiger partial charge in [0.25, 0.3) is 0 Å². The molecule has 1 N–H and O–H groups in total. The van der Waals surface area contributed by atoms with Gasteiger partial charge in [0, 0.05) is 37.0 Å². The zero-order valence-corrected chi connectivity index (χ0v) is 14.1. The highest BCUT2D eigenvalue weighted by Gasteiger charge is 2.24. The quantitative estimate of drug-likeness (QED) is 0.779. The van der Waals surface area contributed by atoms with Crippen molar-refractivity contribution in [1.29, 1.82) is 0 Å². The number of thioether (sulfide) groups is 1. The molecular weight excluding hydrogens is 296 g/mol. The van der Waals surface area contributed by atoms with Crippen LogP contribution < -0.4 is 5.32 Å². The Hall–Kier alpha value is -1.14. The van der Waals surface area contributed by atoms with Gasteiger partial charge in [-0.2, -0.15) is 11.8 Å². The maximum atomic E-state index is 12.7. The minimum absolute atomic E-state index is 0.268. The minimum atomic E-state index is 0.268. The van der Waals surface area contributed by atoms with Gasteiger partial charge in [-0.3, -0.25) is 4.79 Å². The summed E-state index contributed by atoms with van der Waals surface area (Å²) in [6.45, 7) is 2.67. The fourth-order valence-electron chi connectivity index (χ4n) is 2.85. The predicted octanol–water partition coefficient (Wildman–Crippen LogP) is 2.09. The molecule has 1 aromatic heterocycles. The molecule has 1 atom stereocenters. The lowest BCUT2D eigenvalue weighted by atomic mass is 10.1. The number of hydrogen-bond donors (Lipinski definition) is 1. The Bertz CT molecular complexity index is 435. The Balaban J connectivity index is 2.03. The molecule has 0 radical (unpaired) electrons. The monoisotopic (exact) mass is 322 g/mol. The lowest BCUT2D eigenvalue weighted by Gasteiger charge is -2.31. The highest BCUT2D eigenvalue weighted by molar-refractivity contribution is 7.98. The van der Waals surface area contributed by atoms with E-state index in [1.54, 1.807) is 11.8 Å². The van der Waals surface area contributed by atoms with Crippen LogP contribution in [-0.2, 0) is 11.3 Å². The third-order valence-corrected chi connectivity index (χ3v) is 4.71. The molecule has 22 heavy (non-hydrogen) atoms. The molecular formula is C16H26N4OS. The van der Waals surface area contributed by atoms with Crippen molar-refractivity contribution < 1.29 is 4.79 Å². The molecule has 2 rings (SSSR count). The molecule has 0 aliphatic carbocycles. The summed E-state index contributed by atoms with van der Waals surface area (Å²) in [5.41, 5.74) is 1.01. The van der Waals surface area contributed by atoms with Gasteiger partial charge in [0.15, 0.2) is 0 Å². The van der Waals surface area contributed by atoms with Crippen LogP contribution in [0.15, 0.2) is 18.7 Å². The SMILES string of the molecule is CSCCCC(=O)N(Cc1cncnc1)C1CCCNCC1. The van der Waals surface area contributed by atoms with E-state index in [-0.39, 0.29) is 5.91 Å². The molecule has 1 amide bonds. The van der Waals surface area contributed by atoms with Crippen molar-refractivity contribution in [1.82, 2.24) is 20.2 Å². The van der Waals surface area contributed by atoms with E-state index in [9.17, 15) is 4.79 Å². The first-order valence-corrected chi connectivity index (χ1v) is 9.43. The first kappa shape index (κ1) is 17.2. The third-order valence-electron chi connectivity index (χ3n) is 4.01. The van der Waals surface area contributed by atoms with Crippen LogP contribution in [-0.4, -0.2) is 51.9 Å². The van der Waals surface area contributed by atoms with Crippen molar-refractivity contribution in [3.05, 3.63) is 24.3 Å². The van der Waals surface area contributed by atoms with Gasteiger partial charge >= 0.3 is 0 Å². The zero-order valence-electron chi connectivity index (χ0n) is 13.3. The Kier molecular flexibility index (Phi) is 7.66. The van der Waals surface area contributed by atoms with Crippen molar-refractivity contribution in [3.8, 4) is 0 Å². The lowest BCUT2D eigenvalue weighted by Crippen LogP contribution is -2.40. The van der Waals surface area contributed by atoms with Crippen LogP contribution in [0.3, 0.4) is 0 Å². The van der Waals surface area contributed by atoms with Gasteiger partial charge in [0.1, 0.15) is 6.33 Å². The zero-order chi connectivity index (χ0) is 15.6. The van der Waals surface area contributed by atoms with Crippen molar-refractivity contribution in [2.75, 3.05) is 25.1 Å². The number of nitrogens with one attached hydrogen (secondary N) is 1. The summed E-state index contributed by atoms with van der Waals surface area (Å²) in [6, 6.07) is 0.331. The fourth-order valence-corrected chi connectivity index (χ4v) is 3.29. The molecule has 122 valence electrons. The normalized spacial score (nSPS) is 18.7. The van der Waals surface area contributed by atoms with Gasteiger partial charge in [-0.15, -0.1) is 0 Å². The van der Waals surface area contributed by atoms with Crippen molar-refractivity contribution in [2.45, 2.75) is 44.7 Å². The molecule has 1 aliphatic rings. The van der Waals surface area contributed by atoms with Crippen LogP contribution in [0.25, 0.3) is 0 Å². The van der Waals surface area contributed by atoms with Gasteiger partial charge in [0.2, 0.25) is 5.91 Å². The van der Waals surface area contributed by atoms with Gasteiger partial charge in [0.05, 0.1) is 0 Å². The van der Waals surface area contributed by atoms with E-state index in [0.717, 1.165) is 50.1 Å². The average Bonchev–Trinajstić information content (AvgIpc) is 2.83.